The third kappa shape index (κ3) is 5.24. The van der Waals surface area contributed by atoms with Gasteiger partial charge in [0.05, 0.1) is 24.5 Å². The molecule has 0 aromatic rings. The fourth-order valence-corrected chi connectivity index (χ4v) is 9.66. The summed E-state index contributed by atoms with van der Waals surface area (Å²) in [5.41, 5.74) is 0. The topological polar surface area (TPSA) is 68.9 Å². The molecule has 6 rings (SSSR count). The van der Waals surface area contributed by atoms with E-state index < -0.39 is 6.17 Å². The first-order chi connectivity index (χ1) is 18.7. The third-order valence-corrected chi connectivity index (χ3v) is 11.7. The van der Waals surface area contributed by atoms with Crippen LogP contribution < -0.4 is 16.0 Å². The van der Waals surface area contributed by atoms with Crippen molar-refractivity contribution in [2.75, 3.05) is 19.7 Å². The lowest BCUT2D eigenvalue weighted by atomic mass is 9.73. The van der Waals surface area contributed by atoms with Crippen LogP contribution >= 0.6 is 11.6 Å². The number of fused-ring (bicyclic) bond motifs is 5. The van der Waals surface area contributed by atoms with Crippen molar-refractivity contribution < 1.29 is 13.9 Å². The monoisotopic (exact) mass is 567 g/mol. The summed E-state index contributed by atoms with van der Waals surface area (Å²) in [6.45, 7) is 11.7. The van der Waals surface area contributed by atoms with Crippen LogP contribution in [0.4, 0.5) is 9.18 Å². The molecule has 0 spiro atoms. The number of alkyl halides is 2. The molecule has 13 atom stereocenters. The van der Waals surface area contributed by atoms with Gasteiger partial charge in [0.1, 0.15) is 6.17 Å². The van der Waals surface area contributed by atoms with Crippen molar-refractivity contribution in [1.29, 1.82) is 0 Å². The van der Waals surface area contributed by atoms with Gasteiger partial charge in [-0.1, -0.05) is 20.8 Å². The lowest BCUT2D eigenvalue weighted by Gasteiger charge is -2.60. The van der Waals surface area contributed by atoms with Crippen molar-refractivity contribution in [2.45, 2.75) is 133 Å². The molecule has 5 heterocycles. The fraction of sp³-hybridized carbons (Fsp3) is 0.967. The first kappa shape index (κ1) is 28.4. The van der Waals surface area contributed by atoms with Gasteiger partial charge in [-0.15, -0.1) is 11.6 Å². The Kier molecular flexibility index (Phi) is 8.42. The first-order valence-electron chi connectivity index (χ1n) is 16.0. The predicted molar refractivity (Wildman–Crippen MR) is 152 cm³/mol. The van der Waals surface area contributed by atoms with Gasteiger partial charge in [-0.3, -0.25) is 10.2 Å². The van der Waals surface area contributed by atoms with Crippen molar-refractivity contribution in [3.8, 4) is 0 Å². The summed E-state index contributed by atoms with van der Waals surface area (Å²) in [7, 11) is 0. The number of amides is 2. The van der Waals surface area contributed by atoms with Gasteiger partial charge >= 0.3 is 6.03 Å². The van der Waals surface area contributed by atoms with Crippen LogP contribution in [0.25, 0.3) is 0 Å². The van der Waals surface area contributed by atoms with Crippen LogP contribution in [0.1, 0.15) is 79.1 Å². The van der Waals surface area contributed by atoms with Gasteiger partial charge in [0.2, 0.25) is 0 Å². The van der Waals surface area contributed by atoms with E-state index in [0.717, 1.165) is 51.6 Å². The number of hydrogen-bond acceptors (Lipinski definition) is 5. The van der Waals surface area contributed by atoms with Gasteiger partial charge in [-0.25, -0.2) is 9.18 Å². The van der Waals surface area contributed by atoms with Crippen molar-refractivity contribution >= 4 is 17.6 Å². The van der Waals surface area contributed by atoms with Crippen LogP contribution in [0.3, 0.4) is 0 Å². The van der Waals surface area contributed by atoms with Crippen molar-refractivity contribution in [1.82, 2.24) is 25.8 Å². The molecule has 5 saturated heterocycles. The van der Waals surface area contributed by atoms with Crippen molar-refractivity contribution in [3.05, 3.63) is 0 Å². The quantitative estimate of drug-likeness (QED) is 0.434. The molecule has 5 aliphatic heterocycles. The van der Waals surface area contributed by atoms with Gasteiger partial charge in [0.25, 0.3) is 0 Å². The minimum atomic E-state index is -0.934. The number of nitrogens with zero attached hydrogens (tertiary/aromatic N) is 2. The molecular formula is C30H51ClFN5O2. The third-order valence-electron chi connectivity index (χ3n) is 11.2. The molecule has 0 aromatic carbocycles. The van der Waals surface area contributed by atoms with Crippen LogP contribution in [-0.2, 0) is 4.74 Å². The van der Waals surface area contributed by atoms with E-state index in [1.54, 1.807) is 0 Å². The van der Waals surface area contributed by atoms with Gasteiger partial charge in [-0.05, 0) is 82.6 Å². The van der Waals surface area contributed by atoms with Crippen molar-refractivity contribution in [3.63, 3.8) is 0 Å². The zero-order valence-corrected chi connectivity index (χ0v) is 25.1. The Balaban J connectivity index is 1.42. The second-order valence-corrected chi connectivity index (χ2v) is 14.6. The largest absolute Gasteiger partial charge is 0.378 e. The van der Waals surface area contributed by atoms with Crippen LogP contribution in [0.2, 0.25) is 0 Å². The normalized spacial score (nSPS) is 49.5. The highest BCUT2D eigenvalue weighted by atomic mass is 35.5. The van der Waals surface area contributed by atoms with Gasteiger partial charge in [-0.2, -0.15) is 0 Å². The fourth-order valence-electron chi connectivity index (χ4n) is 9.21. The molecule has 6 aliphatic rings. The molecule has 0 aromatic heterocycles. The van der Waals surface area contributed by atoms with Crippen LogP contribution in [-0.4, -0.2) is 89.7 Å². The molecule has 6 fully saturated rings. The van der Waals surface area contributed by atoms with E-state index in [1.165, 1.54) is 6.42 Å². The molecule has 9 heteroatoms. The number of ether oxygens (including phenoxy) is 1. The van der Waals surface area contributed by atoms with Crippen LogP contribution in [0, 0.1) is 29.6 Å². The minimum Gasteiger partial charge on any atom is -0.378 e. The summed E-state index contributed by atoms with van der Waals surface area (Å²) in [6, 6.07) is 0.463. The van der Waals surface area contributed by atoms with Gasteiger partial charge in [0, 0.05) is 48.5 Å². The summed E-state index contributed by atoms with van der Waals surface area (Å²) in [4.78, 5) is 19.0. The minimum absolute atomic E-state index is 0.0208. The highest BCUT2D eigenvalue weighted by Gasteiger charge is 2.57. The maximum atomic E-state index is 15.7. The lowest BCUT2D eigenvalue weighted by molar-refractivity contribution is -0.0854. The Hall–Kier alpha value is -0.670. The van der Waals surface area contributed by atoms with E-state index in [9.17, 15) is 4.79 Å². The molecule has 2 bridgehead atoms. The molecule has 7 nitrogen and oxygen atoms in total. The number of carbonyl (C=O) groups excluding carboxylic acids is 1. The summed E-state index contributed by atoms with van der Waals surface area (Å²) in [5.74, 6) is 1.18. The highest BCUT2D eigenvalue weighted by Crippen LogP contribution is 2.44. The van der Waals surface area contributed by atoms with Crippen LogP contribution in [0.15, 0.2) is 0 Å². The van der Waals surface area contributed by atoms with E-state index in [1.807, 2.05) is 0 Å². The maximum absolute atomic E-state index is 15.7. The van der Waals surface area contributed by atoms with E-state index in [4.69, 9.17) is 16.3 Å². The molecular weight excluding hydrogens is 517 g/mol. The van der Waals surface area contributed by atoms with Gasteiger partial charge in [0.15, 0.2) is 0 Å². The SMILES string of the molecule is CC(C)C1NCCC2CCOC3CCCC(F)C3C3NC4C(CC3Cl)C(N3C[C@@H](C)CC[C@@H]3C)NC(=O)N4C21. The number of likely N-dealkylation sites (tertiary alicyclic amines) is 1. The Morgan fingerprint density at radius 2 is 1.90 bits per heavy atom. The second-order valence-electron chi connectivity index (χ2n) is 14.1. The zero-order chi connectivity index (χ0) is 27.4. The first-order valence-corrected chi connectivity index (χ1v) is 16.4. The number of urea groups is 1. The zero-order valence-electron chi connectivity index (χ0n) is 24.3. The Morgan fingerprint density at radius 3 is 2.69 bits per heavy atom. The molecule has 39 heavy (non-hydrogen) atoms. The molecule has 1 saturated carbocycles. The number of hydrogen-bond donors (Lipinski definition) is 3. The summed E-state index contributed by atoms with van der Waals surface area (Å²) >= 11 is 7.25. The smallest absolute Gasteiger partial charge is 0.320 e. The number of piperidine rings is 3. The van der Waals surface area contributed by atoms with E-state index in [-0.39, 0.29) is 59.8 Å². The molecule has 11 unspecified atom stereocenters. The maximum Gasteiger partial charge on any atom is 0.320 e. The predicted octanol–water partition coefficient (Wildman–Crippen LogP) is 4.30. The summed E-state index contributed by atoms with van der Waals surface area (Å²) in [6.07, 6.45) is 6.08. The molecule has 3 N–H and O–H groups in total. The number of rotatable bonds is 2. The van der Waals surface area contributed by atoms with E-state index in [2.05, 4.69) is 53.4 Å². The molecule has 0 radical (unpaired) electrons. The summed E-state index contributed by atoms with van der Waals surface area (Å²) < 4.78 is 22.3. The highest BCUT2D eigenvalue weighted by molar-refractivity contribution is 6.21. The number of halogens is 2. The van der Waals surface area contributed by atoms with Crippen molar-refractivity contribution in [2.24, 2.45) is 29.6 Å². The Bertz CT molecular complexity index is 882. The number of nitrogens with one attached hydrogen (secondary N) is 3. The molecule has 222 valence electrons. The molecule has 1 aliphatic carbocycles. The van der Waals surface area contributed by atoms with Crippen LogP contribution in [0.5, 0.6) is 0 Å². The Morgan fingerprint density at radius 1 is 1.08 bits per heavy atom. The van der Waals surface area contributed by atoms with E-state index in [0.29, 0.717) is 36.8 Å². The standard InChI is InChI=1S/C30H51ClFN5O2/c1-16(2)25-27-19(10-12-33-25)11-13-39-23-7-5-6-22(32)24(23)26-21(31)14-20-28(35-30(38)37(27)29(20)34-26)36-15-17(3)8-9-18(36)4/h16-29,33-34H,5-15H2,1-4H3,(H,35,38)/t17-,18-,19?,20?,21?,22?,23?,24?,25?,26?,27?,28?,29?/m0/s1. The molecule has 2 amide bonds. The van der Waals surface area contributed by atoms with Gasteiger partial charge < -0.3 is 20.3 Å². The number of carbonyl (C=O) groups is 1. The second kappa shape index (κ2) is 11.5. The average Bonchev–Trinajstić information content (AvgIpc) is 2.92. The lowest BCUT2D eigenvalue weighted by Crippen LogP contribution is -2.79. The average molecular weight is 568 g/mol. The Labute approximate surface area is 239 Å². The summed E-state index contributed by atoms with van der Waals surface area (Å²) in [5, 5.41) is 11.0. The van der Waals surface area contributed by atoms with E-state index >= 15 is 4.39 Å².